The van der Waals surface area contributed by atoms with E-state index in [0.29, 0.717) is 11.7 Å². The van der Waals surface area contributed by atoms with Gasteiger partial charge in [-0.05, 0) is 17.7 Å². The highest BCUT2D eigenvalue weighted by molar-refractivity contribution is 5.59. The maximum Gasteiger partial charge on any atom is 0.328 e. The average molecular weight is 364 g/mol. The van der Waals surface area contributed by atoms with Crippen molar-refractivity contribution in [3.63, 3.8) is 0 Å². The van der Waals surface area contributed by atoms with Crippen LogP contribution < -0.4 is 11.2 Å². The van der Waals surface area contributed by atoms with E-state index in [1.54, 1.807) is 24.3 Å². The minimum absolute atomic E-state index is 0.119. The van der Waals surface area contributed by atoms with Crippen LogP contribution in [0.1, 0.15) is 5.56 Å². The molecule has 0 amide bonds. The molecule has 2 heterocycles. The van der Waals surface area contributed by atoms with Crippen LogP contribution in [0.15, 0.2) is 74.9 Å². The lowest BCUT2D eigenvalue weighted by molar-refractivity contribution is 0.432. The van der Waals surface area contributed by atoms with Gasteiger partial charge in [-0.1, -0.05) is 47.6 Å². The maximum absolute atomic E-state index is 13.4. The normalized spacial score (nSPS) is 10.9. The minimum Gasteiger partial charge on any atom is -0.334 e. The largest absolute Gasteiger partial charge is 0.334 e. The Bertz CT molecular complexity index is 1190. The zero-order chi connectivity index (χ0) is 18.8. The number of rotatable bonds is 4. The average Bonchev–Trinajstić information content (AvgIpc) is 3.18. The van der Waals surface area contributed by atoms with Gasteiger partial charge in [0, 0.05) is 11.1 Å². The fraction of sp³-hybridized carbons (Fsp3) is 0.0526. The van der Waals surface area contributed by atoms with Crippen LogP contribution in [-0.4, -0.2) is 19.7 Å². The molecule has 0 radical (unpaired) electrons. The fourth-order valence-corrected chi connectivity index (χ4v) is 2.59. The summed E-state index contributed by atoms with van der Waals surface area (Å²) in [7, 11) is 0. The van der Waals surface area contributed by atoms with E-state index >= 15 is 0 Å². The molecule has 0 aliphatic heterocycles. The molecule has 0 unspecified atom stereocenters. The van der Waals surface area contributed by atoms with Crippen LogP contribution in [0.2, 0.25) is 0 Å². The summed E-state index contributed by atoms with van der Waals surface area (Å²) in [5, 5.41) is 3.98. The molecule has 8 heteroatoms. The van der Waals surface area contributed by atoms with E-state index in [2.05, 4.69) is 10.1 Å². The summed E-state index contributed by atoms with van der Waals surface area (Å²) in [4.78, 5) is 29.1. The predicted molar refractivity (Wildman–Crippen MR) is 95.6 cm³/mol. The number of nitrogens with zero attached hydrogens (tertiary/aromatic N) is 3. The van der Waals surface area contributed by atoms with Crippen LogP contribution >= 0.6 is 0 Å². The van der Waals surface area contributed by atoms with Crippen LogP contribution in [0.4, 0.5) is 4.39 Å². The molecule has 0 atom stereocenters. The second-order valence-electron chi connectivity index (χ2n) is 5.85. The van der Waals surface area contributed by atoms with Crippen LogP contribution in [0, 0.1) is 5.82 Å². The van der Waals surface area contributed by atoms with Gasteiger partial charge in [-0.3, -0.25) is 14.3 Å². The molecule has 27 heavy (non-hydrogen) atoms. The van der Waals surface area contributed by atoms with Crippen molar-refractivity contribution in [1.82, 2.24) is 19.7 Å². The van der Waals surface area contributed by atoms with E-state index in [1.165, 1.54) is 0 Å². The summed E-state index contributed by atoms with van der Waals surface area (Å²) in [6.07, 6.45) is 0.889. The van der Waals surface area contributed by atoms with Crippen molar-refractivity contribution in [1.29, 1.82) is 0 Å². The first-order valence-corrected chi connectivity index (χ1v) is 8.08. The summed E-state index contributed by atoms with van der Waals surface area (Å²) < 4.78 is 19.7. The smallest absolute Gasteiger partial charge is 0.328 e. The lowest BCUT2D eigenvalue weighted by atomic mass is 10.1. The van der Waals surface area contributed by atoms with E-state index in [9.17, 15) is 14.0 Å². The number of nitrogens with one attached hydrogen (secondary N) is 1. The molecule has 0 saturated heterocycles. The molecule has 2 aromatic heterocycles. The standard InChI is InChI=1S/C19H13FN4O3/c20-15-11-24(19(26)22-17(15)25)10-12-6-8-13(9-7-12)16-21-18(27-23-16)14-4-2-1-3-5-14/h1-9,11H,10H2,(H,22,25,26). The number of hydrogen-bond donors (Lipinski definition) is 1. The molecule has 0 spiro atoms. The van der Waals surface area contributed by atoms with E-state index in [4.69, 9.17) is 4.52 Å². The van der Waals surface area contributed by atoms with Crippen LogP contribution in [-0.2, 0) is 6.54 Å². The number of H-pyrrole nitrogens is 1. The van der Waals surface area contributed by atoms with Crippen molar-refractivity contribution in [2.24, 2.45) is 0 Å². The SMILES string of the molecule is O=c1[nH]c(=O)n(Cc2ccc(-c3noc(-c4ccccc4)n3)cc2)cc1F. The van der Waals surface area contributed by atoms with Gasteiger partial charge in [-0.2, -0.15) is 9.37 Å². The lowest BCUT2D eigenvalue weighted by Gasteiger charge is -2.05. The molecule has 0 fully saturated rings. The van der Waals surface area contributed by atoms with Gasteiger partial charge in [0.2, 0.25) is 11.6 Å². The van der Waals surface area contributed by atoms with Crippen molar-refractivity contribution in [3.05, 3.63) is 93.0 Å². The molecule has 0 saturated carbocycles. The Morgan fingerprint density at radius 3 is 2.48 bits per heavy atom. The molecule has 0 aliphatic carbocycles. The molecule has 4 rings (SSSR count). The van der Waals surface area contributed by atoms with Gasteiger partial charge in [0.05, 0.1) is 12.7 Å². The van der Waals surface area contributed by atoms with Crippen molar-refractivity contribution < 1.29 is 8.91 Å². The molecule has 4 aromatic rings. The Hall–Kier alpha value is -3.81. The third-order valence-corrected chi connectivity index (χ3v) is 3.98. The molecular weight excluding hydrogens is 351 g/mol. The minimum atomic E-state index is -1.03. The number of hydrogen-bond acceptors (Lipinski definition) is 5. The summed E-state index contributed by atoms with van der Waals surface area (Å²) in [6, 6.07) is 16.5. The van der Waals surface area contributed by atoms with Crippen molar-refractivity contribution in [2.45, 2.75) is 6.54 Å². The van der Waals surface area contributed by atoms with Crippen molar-refractivity contribution >= 4 is 0 Å². The van der Waals surface area contributed by atoms with E-state index < -0.39 is 17.1 Å². The fourth-order valence-electron chi connectivity index (χ4n) is 2.59. The third-order valence-electron chi connectivity index (χ3n) is 3.98. The van der Waals surface area contributed by atoms with Gasteiger partial charge in [0.25, 0.3) is 11.4 Å². The molecule has 7 nitrogen and oxygen atoms in total. The molecular formula is C19H13FN4O3. The van der Waals surface area contributed by atoms with Gasteiger partial charge in [-0.25, -0.2) is 4.79 Å². The number of aromatic amines is 1. The molecule has 2 aromatic carbocycles. The number of benzene rings is 2. The summed E-state index contributed by atoms with van der Waals surface area (Å²) in [5.41, 5.74) is 0.616. The quantitative estimate of drug-likeness (QED) is 0.600. The van der Waals surface area contributed by atoms with Gasteiger partial charge >= 0.3 is 5.69 Å². The van der Waals surface area contributed by atoms with E-state index in [1.807, 2.05) is 35.3 Å². The first kappa shape index (κ1) is 16.6. The van der Waals surface area contributed by atoms with Crippen molar-refractivity contribution in [3.8, 4) is 22.8 Å². The Labute approximate surface area is 151 Å². The third kappa shape index (κ3) is 3.45. The van der Waals surface area contributed by atoms with Crippen LogP contribution in [0.3, 0.4) is 0 Å². The number of halogens is 1. The van der Waals surface area contributed by atoms with E-state index in [0.717, 1.165) is 27.5 Å². The van der Waals surface area contributed by atoms with Gasteiger partial charge < -0.3 is 4.52 Å². The molecule has 0 aliphatic rings. The summed E-state index contributed by atoms with van der Waals surface area (Å²) in [5.74, 6) is -0.149. The summed E-state index contributed by atoms with van der Waals surface area (Å²) in [6.45, 7) is 0.119. The topological polar surface area (TPSA) is 93.8 Å². The van der Waals surface area contributed by atoms with Gasteiger partial charge in [0.1, 0.15) is 0 Å². The van der Waals surface area contributed by atoms with Crippen LogP contribution in [0.25, 0.3) is 22.8 Å². The monoisotopic (exact) mass is 364 g/mol. The lowest BCUT2D eigenvalue weighted by Crippen LogP contribution is -2.31. The highest BCUT2D eigenvalue weighted by Gasteiger charge is 2.10. The second kappa shape index (κ2) is 6.83. The highest BCUT2D eigenvalue weighted by Crippen LogP contribution is 2.22. The Morgan fingerprint density at radius 1 is 1.00 bits per heavy atom. The number of aromatic nitrogens is 4. The Balaban J connectivity index is 1.56. The predicted octanol–water partition coefficient (Wildman–Crippen LogP) is 2.44. The first-order valence-electron chi connectivity index (χ1n) is 8.08. The Morgan fingerprint density at radius 2 is 1.74 bits per heavy atom. The van der Waals surface area contributed by atoms with Crippen molar-refractivity contribution in [2.75, 3.05) is 0 Å². The first-order chi connectivity index (χ1) is 13.1. The van der Waals surface area contributed by atoms with E-state index in [-0.39, 0.29) is 6.54 Å². The second-order valence-corrected chi connectivity index (χ2v) is 5.85. The van der Waals surface area contributed by atoms with Gasteiger partial charge in [0.15, 0.2) is 0 Å². The summed E-state index contributed by atoms with van der Waals surface area (Å²) >= 11 is 0. The molecule has 0 bridgehead atoms. The van der Waals surface area contributed by atoms with Gasteiger partial charge in [-0.15, -0.1) is 0 Å². The zero-order valence-corrected chi connectivity index (χ0v) is 13.9. The zero-order valence-electron chi connectivity index (χ0n) is 13.9. The molecule has 1 N–H and O–H groups in total. The van der Waals surface area contributed by atoms with Crippen LogP contribution in [0.5, 0.6) is 0 Å². The Kier molecular flexibility index (Phi) is 4.21. The maximum atomic E-state index is 13.4. The highest BCUT2D eigenvalue weighted by atomic mass is 19.1. The molecule has 134 valence electrons.